The van der Waals surface area contributed by atoms with Crippen LogP contribution in [0.15, 0.2) is 54.9 Å². The van der Waals surface area contributed by atoms with Gasteiger partial charge >= 0.3 is 0 Å². The van der Waals surface area contributed by atoms with Crippen LogP contribution >= 0.6 is 0 Å². The van der Waals surface area contributed by atoms with Gasteiger partial charge in [0, 0.05) is 25.0 Å². The Hall–Kier alpha value is -1.67. The van der Waals surface area contributed by atoms with Crippen molar-refractivity contribution in [1.82, 2.24) is 9.88 Å². The maximum absolute atomic E-state index is 4.25. The molecule has 0 bridgehead atoms. The highest BCUT2D eigenvalue weighted by atomic mass is 15.2. The van der Waals surface area contributed by atoms with Crippen molar-refractivity contribution in [2.45, 2.75) is 18.9 Å². The van der Waals surface area contributed by atoms with Crippen molar-refractivity contribution < 1.29 is 0 Å². The van der Waals surface area contributed by atoms with Gasteiger partial charge in [0.2, 0.25) is 0 Å². The van der Waals surface area contributed by atoms with Crippen molar-refractivity contribution in [3.63, 3.8) is 0 Å². The van der Waals surface area contributed by atoms with Crippen LogP contribution in [-0.4, -0.2) is 23.5 Å². The molecule has 1 aliphatic rings. The van der Waals surface area contributed by atoms with Crippen molar-refractivity contribution in [1.29, 1.82) is 0 Å². The highest BCUT2D eigenvalue weighted by Crippen LogP contribution is 2.35. The van der Waals surface area contributed by atoms with Gasteiger partial charge in [0.25, 0.3) is 0 Å². The summed E-state index contributed by atoms with van der Waals surface area (Å²) >= 11 is 0. The zero-order valence-electron chi connectivity index (χ0n) is 11.4. The molecular formula is C17H20N2. The lowest BCUT2D eigenvalue weighted by Crippen LogP contribution is -2.18. The van der Waals surface area contributed by atoms with E-state index in [1.165, 1.54) is 30.5 Å². The molecule has 1 saturated heterocycles. The number of likely N-dealkylation sites (tertiary alicyclic amines) is 1. The summed E-state index contributed by atoms with van der Waals surface area (Å²) in [6, 6.07) is 15.6. The van der Waals surface area contributed by atoms with Gasteiger partial charge in [0.15, 0.2) is 0 Å². The number of aromatic nitrogens is 1. The molecule has 0 N–H and O–H groups in total. The van der Waals surface area contributed by atoms with Crippen LogP contribution in [0.3, 0.4) is 0 Å². The van der Waals surface area contributed by atoms with Crippen LogP contribution < -0.4 is 0 Å². The Morgan fingerprint density at radius 1 is 1.16 bits per heavy atom. The zero-order valence-corrected chi connectivity index (χ0v) is 11.4. The average Bonchev–Trinajstić information content (AvgIpc) is 2.82. The van der Waals surface area contributed by atoms with Crippen molar-refractivity contribution in [3.05, 3.63) is 66.0 Å². The van der Waals surface area contributed by atoms with E-state index in [1.54, 1.807) is 0 Å². The summed E-state index contributed by atoms with van der Waals surface area (Å²) in [6.45, 7) is 1.18. The summed E-state index contributed by atoms with van der Waals surface area (Å²) in [5.41, 5.74) is 2.80. The Balaban J connectivity index is 1.69. The van der Waals surface area contributed by atoms with Crippen LogP contribution in [0.5, 0.6) is 0 Å². The maximum Gasteiger partial charge on any atom is 0.0363 e. The molecule has 1 aromatic carbocycles. The van der Waals surface area contributed by atoms with Crippen molar-refractivity contribution in [2.75, 3.05) is 13.6 Å². The fraction of sp³-hybridized carbons (Fsp3) is 0.353. The third kappa shape index (κ3) is 2.85. The number of rotatable bonds is 3. The quantitative estimate of drug-likeness (QED) is 0.833. The fourth-order valence-electron chi connectivity index (χ4n) is 3.16. The minimum absolute atomic E-state index is 0.530. The van der Waals surface area contributed by atoms with Gasteiger partial charge in [-0.2, -0.15) is 0 Å². The van der Waals surface area contributed by atoms with Gasteiger partial charge in [-0.1, -0.05) is 36.4 Å². The first-order valence-electron chi connectivity index (χ1n) is 6.97. The van der Waals surface area contributed by atoms with Gasteiger partial charge in [0.05, 0.1) is 0 Å². The molecule has 98 valence electrons. The van der Waals surface area contributed by atoms with Crippen LogP contribution in [0.2, 0.25) is 0 Å². The van der Waals surface area contributed by atoms with Gasteiger partial charge in [-0.05, 0) is 43.0 Å². The van der Waals surface area contributed by atoms with E-state index in [4.69, 9.17) is 0 Å². The van der Waals surface area contributed by atoms with E-state index in [1.807, 2.05) is 18.5 Å². The first-order chi connectivity index (χ1) is 9.33. The first-order valence-corrected chi connectivity index (χ1v) is 6.97. The summed E-state index contributed by atoms with van der Waals surface area (Å²) in [4.78, 5) is 6.71. The van der Waals surface area contributed by atoms with E-state index in [0.717, 1.165) is 5.92 Å². The minimum atomic E-state index is 0.530. The molecule has 2 nitrogen and oxygen atoms in total. The molecule has 0 amide bonds. The molecule has 2 heterocycles. The van der Waals surface area contributed by atoms with Crippen LogP contribution in [-0.2, 0) is 6.42 Å². The SMILES string of the molecule is CN1CC(Cc2ccccc2)C[C@H]1c1cccnc1. The second kappa shape index (κ2) is 5.54. The monoisotopic (exact) mass is 252 g/mol. The number of pyridine rings is 1. The second-order valence-corrected chi connectivity index (χ2v) is 5.53. The number of hydrogen-bond acceptors (Lipinski definition) is 2. The molecule has 1 aromatic heterocycles. The molecule has 0 saturated carbocycles. The lowest BCUT2D eigenvalue weighted by Gasteiger charge is -2.18. The Kier molecular flexibility index (Phi) is 3.60. The number of benzene rings is 1. The third-order valence-corrected chi connectivity index (χ3v) is 4.07. The molecular weight excluding hydrogens is 232 g/mol. The van der Waals surface area contributed by atoms with Crippen LogP contribution in [0, 0.1) is 5.92 Å². The molecule has 0 radical (unpaired) electrons. The normalized spacial score (nSPS) is 23.6. The summed E-state index contributed by atoms with van der Waals surface area (Å²) in [5, 5.41) is 0. The summed E-state index contributed by atoms with van der Waals surface area (Å²) < 4.78 is 0. The lowest BCUT2D eigenvalue weighted by atomic mass is 9.95. The lowest BCUT2D eigenvalue weighted by molar-refractivity contribution is 0.313. The molecule has 2 aromatic rings. The molecule has 1 unspecified atom stereocenters. The standard InChI is InChI=1S/C17H20N2/c1-19-13-15(10-14-6-3-2-4-7-14)11-17(19)16-8-5-9-18-12-16/h2-9,12,15,17H,10-11,13H2,1H3/t15?,17-/m0/s1. The molecule has 1 aliphatic heterocycles. The largest absolute Gasteiger partial charge is 0.299 e. The molecule has 0 spiro atoms. The third-order valence-electron chi connectivity index (χ3n) is 4.07. The second-order valence-electron chi connectivity index (χ2n) is 5.53. The smallest absolute Gasteiger partial charge is 0.0363 e. The van der Waals surface area contributed by atoms with E-state index in [0.29, 0.717) is 6.04 Å². The zero-order chi connectivity index (χ0) is 13.1. The molecule has 2 heteroatoms. The summed E-state index contributed by atoms with van der Waals surface area (Å²) in [5.74, 6) is 0.748. The minimum Gasteiger partial charge on any atom is -0.299 e. The Morgan fingerprint density at radius 2 is 2.00 bits per heavy atom. The van der Waals surface area contributed by atoms with Gasteiger partial charge in [-0.25, -0.2) is 0 Å². The van der Waals surface area contributed by atoms with Gasteiger partial charge in [0.1, 0.15) is 0 Å². The summed E-state index contributed by atoms with van der Waals surface area (Å²) in [6.07, 6.45) is 6.27. The summed E-state index contributed by atoms with van der Waals surface area (Å²) in [7, 11) is 2.22. The number of nitrogens with zero attached hydrogens (tertiary/aromatic N) is 2. The average molecular weight is 252 g/mol. The number of hydrogen-bond donors (Lipinski definition) is 0. The fourth-order valence-corrected chi connectivity index (χ4v) is 3.16. The Bertz CT molecular complexity index is 509. The maximum atomic E-state index is 4.25. The predicted octanol–water partition coefficient (Wildman–Crippen LogP) is 3.32. The van der Waals surface area contributed by atoms with Crippen molar-refractivity contribution in [2.24, 2.45) is 5.92 Å². The molecule has 1 fully saturated rings. The van der Waals surface area contributed by atoms with Crippen molar-refractivity contribution in [3.8, 4) is 0 Å². The molecule has 3 rings (SSSR count). The highest BCUT2D eigenvalue weighted by molar-refractivity contribution is 5.18. The first kappa shape index (κ1) is 12.4. The van der Waals surface area contributed by atoms with Crippen LogP contribution in [0.4, 0.5) is 0 Å². The highest BCUT2D eigenvalue weighted by Gasteiger charge is 2.30. The molecule has 2 atom stereocenters. The van der Waals surface area contributed by atoms with Gasteiger partial charge in [-0.15, -0.1) is 0 Å². The van der Waals surface area contributed by atoms with Gasteiger partial charge in [-0.3, -0.25) is 9.88 Å². The predicted molar refractivity (Wildman–Crippen MR) is 77.9 cm³/mol. The Morgan fingerprint density at radius 3 is 2.74 bits per heavy atom. The van der Waals surface area contributed by atoms with E-state index in [2.05, 4.69) is 53.3 Å². The van der Waals surface area contributed by atoms with E-state index in [9.17, 15) is 0 Å². The van der Waals surface area contributed by atoms with E-state index in [-0.39, 0.29) is 0 Å². The van der Waals surface area contributed by atoms with Crippen LogP contribution in [0.1, 0.15) is 23.6 Å². The topological polar surface area (TPSA) is 16.1 Å². The van der Waals surface area contributed by atoms with E-state index >= 15 is 0 Å². The van der Waals surface area contributed by atoms with Crippen molar-refractivity contribution >= 4 is 0 Å². The Labute approximate surface area is 115 Å². The molecule has 0 aliphatic carbocycles. The van der Waals surface area contributed by atoms with E-state index < -0.39 is 0 Å². The molecule has 19 heavy (non-hydrogen) atoms. The van der Waals surface area contributed by atoms with Crippen LogP contribution in [0.25, 0.3) is 0 Å². The van der Waals surface area contributed by atoms with Gasteiger partial charge < -0.3 is 0 Å².